The van der Waals surface area contributed by atoms with E-state index in [4.69, 9.17) is 14.2 Å². The summed E-state index contributed by atoms with van der Waals surface area (Å²) in [5, 5.41) is 9.64. The van der Waals surface area contributed by atoms with Crippen LogP contribution in [0.1, 0.15) is 24.5 Å². The Hall–Kier alpha value is -2.28. The molecule has 1 N–H and O–H groups in total. The molecule has 1 heterocycles. The van der Waals surface area contributed by atoms with Crippen LogP contribution in [-0.4, -0.2) is 68.0 Å². The number of ether oxygens (including phenoxy) is 3. The Kier molecular flexibility index (Phi) is 8.37. The Balaban J connectivity index is 1.66. The second kappa shape index (κ2) is 11.2. The van der Waals surface area contributed by atoms with E-state index in [1.165, 1.54) is 5.56 Å². The SMILES string of the molecule is CCOc1ccc(CN2CCN(Cc3c(OC)cccc3OC)C[C@H]2CCO)cc1. The van der Waals surface area contributed by atoms with Gasteiger partial charge < -0.3 is 19.3 Å². The van der Waals surface area contributed by atoms with Gasteiger partial charge in [-0.25, -0.2) is 0 Å². The van der Waals surface area contributed by atoms with E-state index in [1.54, 1.807) is 14.2 Å². The van der Waals surface area contributed by atoms with Crippen molar-refractivity contribution in [2.75, 3.05) is 47.1 Å². The summed E-state index contributed by atoms with van der Waals surface area (Å²) in [4.78, 5) is 4.90. The molecule has 1 aliphatic heterocycles. The maximum absolute atomic E-state index is 9.64. The van der Waals surface area contributed by atoms with Crippen LogP contribution in [0.3, 0.4) is 0 Å². The Bertz CT molecular complexity index is 759. The average Bonchev–Trinajstić information content (AvgIpc) is 2.77. The molecule has 2 aromatic rings. The van der Waals surface area contributed by atoms with Gasteiger partial charge >= 0.3 is 0 Å². The molecule has 0 radical (unpaired) electrons. The van der Waals surface area contributed by atoms with E-state index < -0.39 is 0 Å². The van der Waals surface area contributed by atoms with Crippen LogP contribution >= 0.6 is 0 Å². The molecule has 0 spiro atoms. The number of nitrogens with zero attached hydrogens (tertiary/aromatic N) is 2. The first-order valence-electron chi connectivity index (χ1n) is 10.7. The van der Waals surface area contributed by atoms with Gasteiger partial charge in [0.05, 0.1) is 26.4 Å². The van der Waals surface area contributed by atoms with Crippen molar-refractivity contribution in [1.82, 2.24) is 9.80 Å². The second-order valence-corrected chi connectivity index (χ2v) is 7.59. The highest BCUT2D eigenvalue weighted by Crippen LogP contribution is 2.30. The van der Waals surface area contributed by atoms with Crippen molar-refractivity contribution in [3.05, 3.63) is 53.6 Å². The summed E-state index contributed by atoms with van der Waals surface area (Å²) in [6.07, 6.45) is 0.761. The molecular formula is C24H34N2O4. The van der Waals surface area contributed by atoms with Crippen LogP contribution in [0, 0.1) is 0 Å². The van der Waals surface area contributed by atoms with E-state index in [9.17, 15) is 5.11 Å². The van der Waals surface area contributed by atoms with Gasteiger partial charge in [0.25, 0.3) is 0 Å². The molecule has 1 saturated heterocycles. The Morgan fingerprint density at radius 2 is 1.67 bits per heavy atom. The Morgan fingerprint density at radius 1 is 0.967 bits per heavy atom. The number of aliphatic hydroxyl groups excluding tert-OH is 1. The molecule has 0 amide bonds. The molecule has 1 atom stereocenters. The van der Waals surface area contributed by atoms with E-state index in [1.807, 2.05) is 37.3 Å². The highest BCUT2D eigenvalue weighted by molar-refractivity contribution is 5.44. The number of hydrogen-bond donors (Lipinski definition) is 1. The van der Waals surface area contributed by atoms with Crippen molar-refractivity contribution in [2.45, 2.75) is 32.5 Å². The molecule has 0 bridgehead atoms. The Labute approximate surface area is 180 Å². The zero-order valence-electron chi connectivity index (χ0n) is 18.3. The summed E-state index contributed by atoms with van der Waals surface area (Å²) in [7, 11) is 3.39. The summed E-state index contributed by atoms with van der Waals surface area (Å²) in [6, 6.07) is 14.5. The summed E-state index contributed by atoms with van der Waals surface area (Å²) < 4.78 is 16.7. The summed E-state index contributed by atoms with van der Waals surface area (Å²) in [6.45, 7) is 7.32. The molecular weight excluding hydrogens is 380 g/mol. The van der Waals surface area contributed by atoms with Gasteiger partial charge in [-0.3, -0.25) is 9.80 Å². The minimum absolute atomic E-state index is 0.191. The highest BCUT2D eigenvalue weighted by atomic mass is 16.5. The van der Waals surface area contributed by atoms with Crippen molar-refractivity contribution < 1.29 is 19.3 Å². The third kappa shape index (κ3) is 5.65. The fraction of sp³-hybridized carbons (Fsp3) is 0.500. The minimum Gasteiger partial charge on any atom is -0.496 e. The lowest BCUT2D eigenvalue weighted by atomic mass is 10.1. The molecule has 3 rings (SSSR count). The summed E-state index contributed by atoms with van der Waals surface area (Å²) in [5.74, 6) is 2.61. The van der Waals surface area contributed by atoms with Gasteiger partial charge in [-0.05, 0) is 43.2 Å². The number of piperazine rings is 1. The fourth-order valence-corrected chi connectivity index (χ4v) is 4.13. The Morgan fingerprint density at radius 3 is 2.27 bits per heavy atom. The third-order valence-electron chi connectivity index (χ3n) is 5.68. The molecule has 6 nitrogen and oxygen atoms in total. The lowest BCUT2D eigenvalue weighted by Crippen LogP contribution is -2.52. The van der Waals surface area contributed by atoms with Crippen LogP contribution in [0.5, 0.6) is 17.2 Å². The van der Waals surface area contributed by atoms with Crippen molar-refractivity contribution >= 4 is 0 Å². The molecule has 2 aromatic carbocycles. The van der Waals surface area contributed by atoms with Crippen molar-refractivity contribution in [1.29, 1.82) is 0 Å². The number of rotatable bonds is 10. The van der Waals surface area contributed by atoms with Crippen LogP contribution < -0.4 is 14.2 Å². The first-order chi connectivity index (χ1) is 14.7. The highest BCUT2D eigenvalue weighted by Gasteiger charge is 2.28. The van der Waals surface area contributed by atoms with Crippen LogP contribution in [0.2, 0.25) is 0 Å². The van der Waals surface area contributed by atoms with Gasteiger partial charge in [0.1, 0.15) is 17.2 Å². The second-order valence-electron chi connectivity index (χ2n) is 7.59. The molecule has 0 aliphatic carbocycles. The number of aliphatic hydroxyl groups is 1. The zero-order valence-corrected chi connectivity index (χ0v) is 18.3. The van der Waals surface area contributed by atoms with Crippen LogP contribution in [0.15, 0.2) is 42.5 Å². The van der Waals surface area contributed by atoms with E-state index in [2.05, 4.69) is 21.9 Å². The van der Waals surface area contributed by atoms with E-state index >= 15 is 0 Å². The molecule has 164 valence electrons. The van der Waals surface area contributed by atoms with Crippen molar-refractivity contribution in [3.63, 3.8) is 0 Å². The molecule has 0 unspecified atom stereocenters. The quantitative estimate of drug-likeness (QED) is 0.645. The van der Waals surface area contributed by atoms with Gasteiger partial charge in [0.15, 0.2) is 0 Å². The summed E-state index contributed by atoms with van der Waals surface area (Å²) in [5.41, 5.74) is 2.34. The normalized spacial score (nSPS) is 17.7. The maximum Gasteiger partial charge on any atom is 0.127 e. The van der Waals surface area contributed by atoms with Crippen molar-refractivity contribution in [2.24, 2.45) is 0 Å². The summed E-state index contributed by atoms with van der Waals surface area (Å²) >= 11 is 0. The zero-order chi connectivity index (χ0) is 21.3. The fourth-order valence-electron chi connectivity index (χ4n) is 4.13. The first-order valence-corrected chi connectivity index (χ1v) is 10.7. The molecule has 6 heteroatoms. The largest absolute Gasteiger partial charge is 0.496 e. The van der Waals surface area contributed by atoms with Gasteiger partial charge in [0, 0.05) is 45.4 Å². The monoisotopic (exact) mass is 414 g/mol. The van der Waals surface area contributed by atoms with E-state index in [0.29, 0.717) is 12.6 Å². The van der Waals surface area contributed by atoms with Crippen LogP contribution in [-0.2, 0) is 13.1 Å². The molecule has 0 aromatic heterocycles. The van der Waals surface area contributed by atoms with E-state index in [0.717, 1.165) is 62.0 Å². The van der Waals surface area contributed by atoms with Crippen molar-refractivity contribution in [3.8, 4) is 17.2 Å². The first kappa shape index (κ1) is 22.4. The standard InChI is InChI=1S/C24H34N2O4/c1-4-30-21-10-8-19(9-11-21)16-26-14-13-25(17-20(26)12-15-27)18-22-23(28-2)6-5-7-24(22)29-3/h5-11,20,27H,4,12-18H2,1-3H3/t20-/m1/s1. The maximum atomic E-state index is 9.64. The lowest BCUT2D eigenvalue weighted by Gasteiger charge is -2.41. The average molecular weight is 415 g/mol. The molecule has 1 aliphatic rings. The lowest BCUT2D eigenvalue weighted by molar-refractivity contribution is 0.0492. The van der Waals surface area contributed by atoms with Crippen LogP contribution in [0.4, 0.5) is 0 Å². The number of hydrogen-bond acceptors (Lipinski definition) is 6. The molecule has 0 saturated carbocycles. The third-order valence-corrected chi connectivity index (χ3v) is 5.68. The van der Waals surface area contributed by atoms with Crippen LogP contribution in [0.25, 0.3) is 0 Å². The minimum atomic E-state index is 0.191. The smallest absolute Gasteiger partial charge is 0.127 e. The molecule has 1 fully saturated rings. The predicted octanol–water partition coefficient (Wildman–Crippen LogP) is 3.17. The van der Waals surface area contributed by atoms with Gasteiger partial charge in [0.2, 0.25) is 0 Å². The van der Waals surface area contributed by atoms with Gasteiger partial charge in [-0.1, -0.05) is 18.2 Å². The topological polar surface area (TPSA) is 54.4 Å². The van der Waals surface area contributed by atoms with Gasteiger partial charge in [-0.15, -0.1) is 0 Å². The van der Waals surface area contributed by atoms with Gasteiger partial charge in [-0.2, -0.15) is 0 Å². The molecule has 30 heavy (non-hydrogen) atoms. The van der Waals surface area contributed by atoms with E-state index in [-0.39, 0.29) is 6.61 Å². The number of methoxy groups -OCH3 is 2. The predicted molar refractivity (Wildman–Crippen MR) is 118 cm³/mol. The number of benzene rings is 2.